The molecule has 116 valence electrons. The highest BCUT2D eigenvalue weighted by molar-refractivity contribution is 7.89. The van der Waals surface area contributed by atoms with Gasteiger partial charge < -0.3 is 0 Å². The van der Waals surface area contributed by atoms with E-state index in [0.717, 1.165) is 25.1 Å². The maximum atomic E-state index is 12.8. The fourth-order valence-electron chi connectivity index (χ4n) is 1.85. The minimum atomic E-state index is -4.58. The zero-order chi connectivity index (χ0) is 16.1. The molecule has 0 heterocycles. The number of hydrogen-bond donors (Lipinski definition) is 1. The SMILES string of the molecule is C#CCCCCNS(=O)(=O)c1cccc(C(F)(F)F)c1C. The Hall–Kier alpha value is -1.52. The summed E-state index contributed by atoms with van der Waals surface area (Å²) in [6.45, 7) is 1.29. The zero-order valence-corrected chi connectivity index (χ0v) is 12.3. The Morgan fingerprint density at radius 1 is 1.29 bits per heavy atom. The molecule has 0 atom stereocenters. The van der Waals surface area contributed by atoms with Gasteiger partial charge in [-0.1, -0.05) is 6.07 Å². The van der Waals surface area contributed by atoms with E-state index < -0.39 is 21.8 Å². The number of hydrogen-bond acceptors (Lipinski definition) is 2. The zero-order valence-electron chi connectivity index (χ0n) is 11.5. The lowest BCUT2D eigenvalue weighted by atomic mass is 10.1. The molecule has 1 N–H and O–H groups in total. The van der Waals surface area contributed by atoms with Crippen LogP contribution < -0.4 is 4.72 Å². The van der Waals surface area contributed by atoms with Gasteiger partial charge in [0.2, 0.25) is 10.0 Å². The third-order valence-corrected chi connectivity index (χ3v) is 4.52. The molecular formula is C14H16F3NO2S. The molecule has 0 aromatic heterocycles. The van der Waals surface area contributed by atoms with E-state index in [0.29, 0.717) is 19.3 Å². The quantitative estimate of drug-likeness (QED) is 0.647. The number of terminal acetylenes is 1. The van der Waals surface area contributed by atoms with Crippen LogP contribution >= 0.6 is 0 Å². The van der Waals surface area contributed by atoms with Crippen LogP contribution in [-0.4, -0.2) is 15.0 Å². The third kappa shape index (κ3) is 4.76. The Morgan fingerprint density at radius 3 is 2.52 bits per heavy atom. The van der Waals surface area contributed by atoms with Crippen molar-refractivity contribution >= 4 is 10.0 Å². The van der Waals surface area contributed by atoms with E-state index in [1.807, 2.05) is 0 Å². The second-order valence-corrected chi connectivity index (χ2v) is 6.22. The van der Waals surface area contributed by atoms with Gasteiger partial charge in [0.25, 0.3) is 0 Å². The van der Waals surface area contributed by atoms with Crippen LogP contribution in [0, 0.1) is 19.3 Å². The first-order valence-corrected chi connectivity index (χ1v) is 7.78. The van der Waals surface area contributed by atoms with Crippen LogP contribution in [0.1, 0.15) is 30.4 Å². The maximum Gasteiger partial charge on any atom is 0.416 e. The molecule has 0 aliphatic heterocycles. The fraction of sp³-hybridized carbons (Fsp3) is 0.429. The summed E-state index contributed by atoms with van der Waals surface area (Å²) < 4.78 is 64.7. The number of rotatable bonds is 6. The topological polar surface area (TPSA) is 46.2 Å². The molecule has 21 heavy (non-hydrogen) atoms. The Balaban J connectivity index is 2.92. The van der Waals surface area contributed by atoms with E-state index >= 15 is 0 Å². The predicted octanol–water partition coefficient (Wildman–Crippen LogP) is 3.10. The molecule has 0 aliphatic carbocycles. The lowest BCUT2D eigenvalue weighted by molar-refractivity contribution is -0.138. The fourth-order valence-corrected chi connectivity index (χ4v) is 3.19. The van der Waals surface area contributed by atoms with Crippen molar-refractivity contribution in [3.05, 3.63) is 29.3 Å². The number of sulfonamides is 1. The van der Waals surface area contributed by atoms with Crippen LogP contribution in [0.25, 0.3) is 0 Å². The normalized spacial score (nSPS) is 12.1. The second-order valence-electron chi connectivity index (χ2n) is 4.49. The highest BCUT2D eigenvalue weighted by Crippen LogP contribution is 2.34. The van der Waals surface area contributed by atoms with Crippen molar-refractivity contribution < 1.29 is 21.6 Å². The van der Waals surface area contributed by atoms with Gasteiger partial charge in [-0.3, -0.25) is 0 Å². The highest BCUT2D eigenvalue weighted by atomic mass is 32.2. The van der Waals surface area contributed by atoms with Crippen LogP contribution in [-0.2, 0) is 16.2 Å². The first-order valence-electron chi connectivity index (χ1n) is 6.30. The van der Waals surface area contributed by atoms with Crippen LogP contribution in [0.3, 0.4) is 0 Å². The number of halogens is 3. The molecule has 0 bridgehead atoms. The highest BCUT2D eigenvalue weighted by Gasteiger charge is 2.34. The average molecular weight is 319 g/mol. The molecule has 0 saturated carbocycles. The van der Waals surface area contributed by atoms with E-state index in [2.05, 4.69) is 10.6 Å². The van der Waals surface area contributed by atoms with Gasteiger partial charge >= 0.3 is 6.18 Å². The Kier molecular flexibility index (Phi) is 5.81. The van der Waals surface area contributed by atoms with Crippen LogP contribution in [0.2, 0.25) is 0 Å². The average Bonchev–Trinajstić information content (AvgIpc) is 2.37. The van der Waals surface area contributed by atoms with Crippen molar-refractivity contribution in [3.8, 4) is 12.3 Å². The Morgan fingerprint density at radius 2 is 1.95 bits per heavy atom. The molecule has 0 aliphatic rings. The van der Waals surface area contributed by atoms with Crippen molar-refractivity contribution in [2.75, 3.05) is 6.54 Å². The van der Waals surface area contributed by atoms with Gasteiger partial charge in [0.05, 0.1) is 10.5 Å². The van der Waals surface area contributed by atoms with Crippen molar-refractivity contribution in [2.24, 2.45) is 0 Å². The second kappa shape index (κ2) is 6.96. The van der Waals surface area contributed by atoms with E-state index in [1.165, 1.54) is 0 Å². The molecule has 0 saturated heterocycles. The molecule has 1 aromatic carbocycles. The van der Waals surface area contributed by atoms with Crippen molar-refractivity contribution in [1.82, 2.24) is 4.72 Å². The summed E-state index contributed by atoms with van der Waals surface area (Å²) in [6.07, 6.45) is 2.20. The third-order valence-electron chi connectivity index (χ3n) is 2.92. The monoisotopic (exact) mass is 319 g/mol. The van der Waals surface area contributed by atoms with E-state index in [9.17, 15) is 21.6 Å². The number of alkyl halides is 3. The van der Waals surface area contributed by atoms with Crippen LogP contribution in [0.4, 0.5) is 13.2 Å². The minimum Gasteiger partial charge on any atom is -0.211 e. The standard InChI is InChI=1S/C14H16F3NO2S/c1-3-4-5-6-10-18-21(19,20)13-9-7-8-12(11(13)2)14(15,16)17/h1,7-9,18H,4-6,10H2,2H3. The van der Waals surface area contributed by atoms with Crippen LogP contribution in [0.15, 0.2) is 23.1 Å². The summed E-state index contributed by atoms with van der Waals surface area (Å²) >= 11 is 0. The summed E-state index contributed by atoms with van der Waals surface area (Å²) in [7, 11) is -3.96. The predicted molar refractivity (Wildman–Crippen MR) is 74.1 cm³/mol. The number of nitrogens with one attached hydrogen (secondary N) is 1. The van der Waals surface area contributed by atoms with E-state index in [4.69, 9.17) is 6.42 Å². The molecule has 0 fully saturated rings. The summed E-state index contributed by atoms with van der Waals surface area (Å²) in [4.78, 5) is -0.353. The summed E-state index contributed by atoms with van der Waals surface area (Å²) in [5.74, 6) is 2.43. The summed E-state index contributed by atoms with van der Waals surface area (Å²) in [6, 6.07) is 3.11. The van der Waals surface area contributed by atoms with Gasteiger partial charge in [0, 0.05) is 13.0 Å². The Bertz CT molecular complexity index is 631. The number of unbranched alkanes of at least 4 members (excludes halogenated alkanes) is 2. The lowest BCUT2D eigenvalue weighted by Gasteiger charge is -2.14. The van der Waals surface area contributed by atoms with Gasteiger partial charge in [0.15, 0.2) is 0 Å². The first kappa shape index (κ1) is 17.5. The Labute approximate surface area is 122 Å². The molecule has 1 aromatic rings. The van der Waals surface area contributed by atoms with Gasteiger partial charge in [-0.15, -0.1) is 12.3 Å². The first-order chi connectivity index (χ1) is 9.70. The number of benzene rings is 1. The molecule has 0 radical (unpaired) electrons. The van der Waals surface area contributed by atoms with Gasteiger partial charge in [-0.25, -0.2) is 13.1 Å². The molecule has 0 spiro atoms. The largest absolute Gasteiger partial charge is 0.416 e. The van der Waals surface area contributed by atoms with Gasteiger partial charge in [0.1, 0.15) is 0 Å². The molecule has 7 heteroatoms. The molecule has 0 amide bonds. The molecule has 1 rings (SSSR count). The lowest BCUT2D eigenvalue weighted by Crippen LogP contribution is -2.26. The molecule has 0 unspecified atom stereocenters. The van der Waals surface area contributed by atoms with Crippen molar-refractivity contribution in [3.63, 3.8) is 0 Å². The van der Waals surface area contributed by atoms with Gasteiger partial charge in [-0.2, -0.15) is 13.2 Å². The summed E-state index contributed by atoms with van der Waals surface area (Å²) in [5.41, 5.74) is -1.25. The minimum absolute atomic E-state index is 0.139. The van der Waals surface area contributed by atoms with Crippen LogP contribution in [0.5, 0.6) is 0 Å². The molecule has 3 nitrogen and oxygen atoms in total. The van der Waals surface area contributed by atoms with Gasteiger partial charge in [-0.05, 0) is 37.5 Å². The summed E-state index contributed by atoms with van der Waals surface area (Å²) in [5, 5.41) is 0. The van der Waals surface area contributed by atoms with Crippen molar-refractivity contribution in [2.45, 2.75) is 37.3 Å². The van der Waals surface area contributed by atoms with E-state index in [1.54, 1.807) is 0 Å². The maximum absolute atomic E-state index is 12.8. The van der Waals surface area contributed by atoms with E-state index in [-0.39, 0.29) is 17.0 Å². The smallest absolute Gasteiger partial charge is 0.211 e. The van der Waals surface area contributed by atoms with Crippen molar-refractivity contribution in [1.29, 1.82) is 0 Å². The molecular weight excluding hydrogens is 303 g/mol.